The minimum absolute atomic E-state index is 0.0944. The number of rotatable bonds is 5. The van der Waals surface area contributed by atoms with Crippen molar-refractivity contribution >= 4 is 12.9 Å². The first-order chi connectivity index (χ1) is 7.24. The van der Waals surface area contributed by atoms with E-state index in [9.17, 15) is 17.6 Å². The molecule has 1 atom stereocenters. The van der Waals surface area contributed by atoms with E-state index in [1.54, 1.807) is 0 Å². The highest BCUT2D eigenvalue weighted by Crippen LogP contribution is 2.37. The summed E-state index contributed by atoms with van der Waals surface area (Å²) in [4.78, 5) is 7.04. The zero-order valence-electron chi connectivity index (χ0n) is 9.18. The Labute approximate surface area is 91.8 Å². The molecule has 0 saturated carbocycles. The Morgan fingerprint density at radius 3 is 2.25 bits per heavy atom. The van der Waals surface area contributed by atoms with Crippen LogP contribution in [0, 0.1) is 0 Å². The Morgan fingerprint density at radius 2 is 1.88 bits per heavy atom. The smallest absolute Gasteiger partial charge is 0.296 e. The molecule has 6 heteroatoms. The molecule has 0 aliphatic rings. The molecule has 2 nitrogen and oxygen atoms in total. The van der Waals surface area contributed by atoms with Gasteiger partial charge in [0.2, 0.25) is 5.67 Å². The Morgan fingerprint density at radius 1 is 1.31 bits per heavy atom. The monoisotopic (exact) mass is 238 g/mol. The molecule has 0 aliphatic carbocycles. The van der Waals surface area contributed by atoms with Crippen LogP contribution in [0.15, 0.2) is 21.8 Å². The molecule has 16 heavy (non-hydrogen) atoms. The number of hydrogen-bond donors (Lipinski definition) is 0. The van der Waals surface area contributed by atoms with Crippen LogP contribution in [0.3, 0.4) is 0 Å². The minimum Gasteiger partial charge on any atom is -0.296 e. The van der Waals surface area contributed by atoms with E-state index in [-0.39, 0.29) is 6.42 Å². The van der Waals surface area contributed by atoms with E-state index < -0.39 is 18.3 Å². The second kappa shape index (κ2) is 5.77. The molecule has 92 valence electrons. The quantitative estimate of drug-likeness (QED) is 0.518. The topological polar surface area (TPSA) is 24.7 Å². The largest absolute Gasteiger partial charge is 0.422 e. The lowest BCUT2D eigenvalue weighted by molar-refractivity contribution is -0.225. The van der Waals surface area contributed by atoms with Crippen molar-refractivity contribution in [3.05, 3.63) is 11.8 Å². The molecule has 0 spiro atoms. The summed E-state index contributed by atoms with van der Waals surface area (Å²) in [5.41, 5.74) is -2.79. The van der Waals surface area contributed by atoms with Crippen LogP contribution in [0.5, 0.6) is 0 Å². The van der Waals surface area contributed by atoms with Crippen molar-refractivity contribution in [1.82, 2.24) is 0 Å². The van der Waals surface area contributed by atoms with Crippen LogP contribution < -0.4 is 0 Å². The molecule has 0 N–H and O–H groups in total. The van der Waals surface area contributed by atoms with Crippen LogP contribution in [-0.2, 0) is 0 Å². The second-order valence-electron chi connectivity index (χ2n) is 3.47. The molecule has 0 fully saturated rings. The van der Waals surface area contributed by atoms with E-state index in [1.165, 1.54) is 19.5 Å². The van der Waals surface area contributed by atoms with Gasteiger partial charge in [-0.3, -0.25) is 9.98 Å². The maximum atomic E-state index is 13.2. The van der Waals surface area contributed by atoms with Gasteiger partial charge in [-0.05, 0) is 32.1 Å². The lowest BCUT2D eigenvalue weighted by Crippen LogP contribution is -2.37. The van der Waals surface area contributed by atoms with E-state index in [2.05, 4.69) is 16.7 Å². The lowest BCUT2D eigenvalue weighted by atomic mass is 9.98. The third-order valence-electron chi connectivity index (χ3n) is 2.03. The van der Waals surface area contributed by atoms with Crippen molar-refractivity contribution in [2.24, 2.45) is 9.98 Å². The molecular formula is C10H14F4N2. The molecule has 0 rings (SSSR count). The first-order valence-corrected chi connectivity index (χ1v) is 4.57. The van der Waals surface area contributed by atoms with Crippen LogP contribution in [0.4, 0.5) is 17.6 Å². The van der Waals surface area contributed by atoms with E-state index in [0.29, 0.717) is 12.5 Å². The van der Waals surface area contributed by atoms with Gasteiger partial charge in [0.15, 0.2) is 0 Å². The summed E-state index contributed by atoms with van der Waals surface area (Å²) in [5.74, 6) is 0. The lowest BCUT2D eigenvalue weighted by Gasteiger charge is -2.23. The SMILES string of the molecule is C=N/C=C(\C=N/C)CCC(C)(F)C(F)(F)F. The second-order valence-corrected chi connectivity index (χ2v) is 3.47. The van der Waals surface area contributed by atoms with Crippen LogP contribution in [0.2, 0.25) is 0 Å². The van der Waals surface area contributed by atoms with E-state index in [0.717, 1.165) is 0 Å². The van der Waals surface area contributed by atoms with Crippen LogP contribution in [0.1, 0.15) is 19.8 Å². The maximum absolute atomic E-state index is 13.2. The minimum atomic E-state index is -4.86. The van der Waals surface area contributed by atoms with Gasteiger partial charge < -0.3 is 0 Å². The number of halogens is 4. The van der Waals surface area contributed by atoms with Gasteiger partial charge in [0, 0.05) is 19.5 Å². The fourth-order valence-electron chi connectivity index (χ4n) is 0.966. The fourth-order valence-corrected chi connectivity index (χ4v) is 0.966. The molecule has 0 saturated heterocycles. The number of alkyl halides is 4. The Hall–Kier alpha value is -1.20. The van der Waals surface area contributed by atoms with Crippen molar-refractivity contribution in [1.29, 1.82) is 0 Å². The standard InChI is InChI=1S/C10H14F4N2/c1-9(11,10(12,13)14)5-4-8(6-15-2)7-16-3/h6-7H,2,4-5H2,1,3H3/b8-6-,16-7-. The van der Waals surface area contributed by atoms with E-state index in [1.807, 2.05) is 0 Å². The first kappa shape index (κ1) is 14.8. The molecule has 0 aromatic carbocycles. The van der Waals surface area contributed by atoms with Crippen LogP contribution in [-0.4, -0.2) is 31.8 Å². The zero-order valence-corrected chi connectivity index (χ0v) is 9.18. The van der Waals surface area contributed by atoms with E-state index in [4.69, 9.17) is 0 Å². The summed E-state index contributed by atoms with van der Waals surface area (Å²) in [6.07, 6.45) is -3.02. The van der Waals surface area contributed by atoms with Gasteiger partial charge in [0.25, 0.3) is 0 Å². The maximum Gasteiger partial charge on any atom is 0.422 e. The van der Waals surface area contributed by atoms with Gasteiger partial charge in [-0.2, -0.15) is 13.2 Å². The summed E-state index contributed by atoms with van der Waals surface area (Å²) >= 11 is 0. The van der Waals surface area contributed by atoms with Gasteiger partial charge >= 0.3 is 6.18 Å². The summed E-state index contributed by atoms with van der Waals surface area (Å²) < 4.78 is 49.8. The normalized spacial score (nSPS) is 17.5. The Bertz CT molecular complexity index is 290. The van der Waals surface area contributed by atoms with Crippen molar-refractivity contribution < 1.29 is 17.6 Å². The number of allylic oxidation sites excluding steroid dienone is 1. The highest BCUT2D eigenvalue weighted by molar-refractivity contribution is 5.78. The predicted molar refractivity (Wildman–Crippen MR) is 56.9 cm³/mol. The highest BCUT2D eigenvalue weighted by atomic mass is 19.4. The van der Waals surface area contributed by atoms with Gasteiger partial charge in [-0.25, -0.2) is 4.39 Å². The zero-order chi connectivity index (χ0) is 12.8. The van der Waals surface area contributed by atoms with E-state index >= 15 is 0 Å². The van der Waals surface area contributed by atoms with Crippen molar-refractivity contribution in [2.75, 3.05) is 7.05 Å². The fraction of sp³-hybridized carbons (Fsp3) is 0.600. The Kier molecular flexibility index (Phi) is 5.33. The Balaban J connectivity index is 4.54. The van der Waals surface area contributed by atoms with Crippen molar-refractivity contribution in [3.8, 4) is 0 Å². The third kappa shape index (κ3) is 4.55. The van der Waals surface area contributed by atoms with Gasteiger partial charge in [0.1, 0.15) is 0 Å². The molecule has 0 aliphatic heterocycles. The third-order valence-corrected chi connectivity index (χ3v) is 2.03. The first-order valence-electron chi connectivity index (χ1n) is 4.57. The average molecular weight is 238 g/mol. The van der Waals surface area contributed by atoms with Crippen LogP contribution in [0.25, 0.3) is 0 Å². The molecule has 0 aromatic heterocycles. The summed E-state index contributed by atoms with van der Waals surface area (Å²) in [7, 11) is 1.47. The summed E-state index contributed by atoms with van der Waals surface area (Å²) in [6.45, 7) is 3.69. The molecule has 0 heterocycles. The van der Waals surface area contributed by atoms with Gasteiger partial charge in [0.05, 0.1) is 0 Å². The predicted octanol–water partition coefficient (Wildman–Crippen LogP) is 3.34. The van der Waals surface area contributed by atoms with Crippen LogP contribution >= 0.6 is 0 Å². The molecule has 0 radical (unpaired) electrons. The van der Waals surface area contributed by atoms with Crippen molar-refractivity contribution in [2.45, 2.75) is 31.6 Å². The average Bonchev–Trinajstić information content (AvgIpc) is 2.13. The summed E-state index contributed by atoms with van der Waals surface area (Å²) in [5, 5.41) is 0. The summed E-state index contributed by atoms with van der Waals surface area (Å²) in [6, 6.07) is 0. The highest BCUT2D eigenvalue weighted by Gasteiger charge is 2.51. The number of nitrogens with zero attached hydrogens (tertiary/aromatic N) is 2. The number of aliphatic imine (C=N–C) groups is 2. The van der Waals surface area contributed by atoms with Gasteiger partial charge in [-0.1, -0.05) is 0 Å². The molecule has 0 bridgehead atoms. The number of hydrogen-bond acceptors (Lipinski definition) is 2. The molecular weight excluding hydrogens is 224 g/mol. The molecule has 1 unspecified atom stereocenters. The van der Waals surface area contributed by atoms with Gasteiger partial charge in [-0.15, -0.1) is 0 Å². The molecule has 0 amide bonds. The van der Waals surface area contributed by atoms with Crippen molar-refractivity contribution in [3.63, 3.8) is 0 Å². The molecule has 0 aromatic rings.